The molecule has 11 heteroatoms. The van der Waals surface area contributed by atoms with Crippen molar-refractivity contribution in [3.05, 3.63) is 87.9 Å². The van der Waals surface area contributed by atoms with Gasteiger partial charge >= 0.3 is 6.18 Å². The van der Waals surface area contributed by atoms with Gasteiger partial charge in [0.25, 0.3) is 11.5 Å². The fraction of sp³-hybridized carbons (Fsp3) is 0.174. The van der Waals surface area contributed by atoms with Crippen LogP contribution in [0.3, 0.4) is 0 Å². The lowest BCUT2D eigenvalue weighted by Crippen LogP contribution is -2.39. The zero-order chi connectivity index (χ0) is 23.9. The van der Waals surface area contributed by atoms with Crippen molar-refractivity contribution in [2.45, 2.75) is 19.1 Å². The van der Waals surface area contributed by atoms with E-state index in [1.165, 1.54) is 6.33 Å². The van der Waals surface area contributed by atoms with Crippen molar-refractivity contribution in [2.75, 3.05) is 6.54 Å². The molecule has 172 valence electrons. The van der Waals surface area contributed by atoms with Crippen molar-refractivity contribution in [2.24, 2.45) is 0 Å². The van der Waals surface area contributed by atoms with Crippen LogP contribution in [0.5, 0.6) is 11.6 Å². The van der Waals surface area contributed by atoms with Crippen molar-refractivity contribution in [3.63, 3.8) is 0 Å². The van der Waals surface area contributed by atoms with E-state index in [2.05, 4.69) is 19.9 Å². The zero-order valence-electron chi connectivity index (χ0n) is 17.5. The van der Waals surface area contributed by atoms with Crippen molar-refractivity contribution >= 4 is 16.8 Å². The summed E-state index contributed by atoms with van der Waals surface area (Å²) in [6.07, 6.45) is -1.93. The molecule has 0 aliphatic carbocycles. The third-order valence-electron chi connectivity index (χ3n) is 5.46. The number of carbonyl (C=O) groups excluding carboxylic acids is 1. The van der Waals surface area contributed by atoms with Crippen LogP contribution in [-0.2, 0) is 19.1 Å². The molecule has 0 fully saturated rings. The van der Waals surface area contributed by atoms with Crippen LogP contribution in [0, 0.1) is 0 Å². The highest BCUT2D eigenvalue weighted by molar-refractivity contribution is 5.95. The van der Waals surface area contributed by atoms with Gasteiger partial charge in [0, 0.05) is 30.6 Å². The average molecular weight is 467 g/mol. The van der Waals surface area contributed by atoms with Crippen molar-refractivity contribution in [1.82, 2.24) is 24.8 Å². The molecule has 1 aliphatic heterocycles. The Labute approximate surface area is 190 Å². The van der Waals surface area contributed by atoms with Crippen LogP contribution in [0.4, 0.5) is 13.2 Å². The highest BCUT2D eigenvalue weighted by Crippen LogP contribution is 2.30. The Bertz CT molecular complexity index is 1450. The Kier molecular flexibility index (Phi) is 5.23. The molecule has 4 heterocycles. The summed E-state index contributed by atoms with van der Waals surface area (Å²) in [5, 5.41) is 0.672. The van der Waals surface area contributed by atoms with Gasteiger partial charge in [-0.1, -0.05) is 6.07 Å². The van der Waals surface area contributed by atoms with Gasteiger partial charge in [-0.05, 0) is 30.3 Å². The van der Waals surface area contributed by atoms with Crippen molar-refractivity contribution in [3.8, 4) is 11.6 Å². The molecule has 1 N–H and O–H groups in total. The summed E-state index contributed by atoms with van der Waals surface area (Å²) in [7, 11) is 0. The average Bonchev–Trinajstić information content (AvgIpc) is 2.83. The minimum atomic E-state index is -4.47. The molecule has 8 nitrogen and oxygen atoms in total. The number of carbonyl (C=O) groups is 1. The lowest BCUT2D eigenvalue weighted by Gasteiger charge is -2.27. The molecule has 0 radical (unpaired) electrons. The molecule has 4 aromatic rings. The molecule has 1 aliphatic rings. The minimum absolute atomic E-state index is 0.0157. The van der Waals surface area contributed by atoms with Crippen LogP contribution < -0.4 is 10.3 Å². The van der Waals surface area contributed by atoms with Gasteiger partial charge in [-0.2, -0.15) is 13.2 Å². The molecule has 1 aromatic carbocycles. The molecular weight excluding hydrogens is 451 g/mol. The molecule has 0 spiro atoms. The molecule has 3 aromatic heterocycles. The predicted octanol–water partition coefficient (Wildman–Crippen LogP) is 3.72. The molecular formula is C23H16F3N5O3. The number of benzene rings is 1. The second-order valence-electron chi connectivity index (χ2n) is 7.67. The largest absolute Gasteiger partial charge is 0.439 e. The van der Waals surface area contributed by atoms with E-state index in [1.54, 1.807) is 35.2 Å². The molecule has 0 atom stereocenters. The molecule has 0 saturated carbocycles. The second-order valence-corrected chi connectivity index (χ2v) is 7.67. The highest BCUT2D eigenvalue weighted by atomic mass is 19.4. The summed E-state index contributed by atoms with van der Waals surface area (Å²) in [6, 6.07) is 10.2. The number of aromatic amines is 1. The highest BCUT2D eigenvalue weighted by Gasteiger charge is 2.30. The summed E-state index contributed by atoms with van der Waals surface area (Å²) >= 11 is 0. The monoisotopic (exact) mass is 467 g/mol. The van der Waals surface area contributed by atoms with Gasteiger partial charge in [0.15, 0.2) is 0 Å². The second kappa shape index (κ2) is 8.25. The summed E-state index contributed by atoms with van der Waals surface area (Å²) in [5.74, 6) is 0.0760. The summed E-state index contributed by atoms with van der Waals surface area (Å²) in [4.78, 5) is 41.4. The smallest absolute Gasteiger partial charge is 0.417 e. The Morgan fingerprint density at radius 3 is 2.71 bits per heavy atom. The number of fused-ring (bicyclic) bond motifs is 2. The number of alkyl halides is 3. The van der Waals surface area contributed by atoms with E-state index in [-0.39, 0.29) is 29.6 Å². The Morgan fingerprint density at radius 2 is 1.94 bits per heavy atom. The zero-order valence-corrected chi connectivity index (χ0v) is 17.5. The van der Waals surface area contributed by atoms with E-state index in [0.29, 0.717) is 47.1 Å². The number of hydrogen-bond acceptors (Lipinski definition) is 6. The lowest BCUT2D eigenvalue weighted by atomic mass is 10.1. The summed E-state index contributed by atoms with van der Waals surface area (Å²) < 4.78 is 43.6. The van der Waals surface area contributed by atoms with Gasteiger partial charge in [-0.3, -0.25) is 9.59 Å². The number of nitrogens with zero attached hydrogens (tertiary/aromatic N) is 4. The fourth-order valence-electron chi connectivity index (χ4n) is 3.70. The first kappa shape index (κ1) is 21.6. The molecule has 0 bridgehead atoms. The van der Waals surface area contributed by atoms with Crippen LogP contribution in [0.15, 0.2) is 59.8 Å². The van der Waals surface area contributed by atoms with E-state index in [9.17, 15) is 22.8 Å². The Balaban J connectivity index is 1.33. The van der Waals surface area contributed by atoms with Gasteiger partial charge in [0.05, 0.1) is 35.2 Å². The third kappa shape index (κ3) is 4.19. The lowest BCUT2D eigenvalue weighted by molar-refractivity contribution is -0.137. The maximum Gasteiger partial charge on any atom is 0.417 e. The van der Waals surface area contributed by atoms with E-state index in [0.717, 1.165) is 12.1 Å². The maximum atomic E-state index is 13.0. The van der Waals surface area contributed by atoms with Crippen LogP contribution in [0.1, 0.15) is 27.3 Å². The maximum absolute atomic E-state index is 13.0. The molecule has 0 unspecified atom stereocenters. The fourth-order valence-corrected chi connectivity index (χ4v) is 3.70. The molecule has 1 amide bonds. The number of amides is 1. The van der Waals surface area contributed by atoms with Crippen LogP contribution >= 0.6 is 0 Å². The van der Waals surface area contributed by atoms with Crippen molar-refractivity contribution in [1.29, 1.82) is 0 Å². The van der Waals surface area contributed by atoms with Gasteiger partial charge in [-0.15, -0.1) is 0 Å². The Hall–Kier alpha value is -4.28. The third-order valence-corrected chi connectivity index (χ3v) is 5.46. The van der Waals surface area contributed by atoms with E-state index in [1.807, 2.05) is 0 Å². The number of nitrogens with one attached hydrogen (secondary N) is 1. The number of H-pyrrole nitrogens is 1. The first-order chi connectivity index (χ1) is 16.3. The molecule has 0 saturated heterocycles. The van der Waals surface area contributed by atoms with Crippen LogP contribution in [-0.4, -0.2) is 37.3 Å². The molecule has 5 rings (SSSR count). The minimum Gasteiger partial charge on any atom is -0.439 e. The quantitative estimate of drug-likeness (QED) is 0.493. The standard InChI is InChI=1S/C23H16F3N5O3/c24-23(25,26)14-2-6-20(27-10-14)34-15-3-5-17-13(9-15)1-4-19(30-17)22(33)31-8-7-18-16(11-31)21(32)29-12-28-18/h1-6,9-10,12H,7-8,11H2,(H,28,29,32). The van der Waals surface area contributed by atoms with Gasteiger partial charge < -0.3 is 14.6 Å². The SMILES string of the molecule is O=C(c1ccc2cc(Oc3ccc(C(F)(F)F)cn3)ccc2n1)N1CCc2nc[nH]c(=O)c2C1. The Morgan fingerprint density at radius 1 is 1.09 bits per heavy atom. The van der Waals surface area contributed by atoms with E-state index >= 15 is 0 Å². The number of aromatic nitrogens is 4. The number of ether oxygens (including phenoxy) is 1. The first-order valence-corrected chi connectivity index (χ1v) is 10.2. The van der Waals surface area contributed by atoms with Gasteiger partial charge in [0.2, 0.25) is 5.88 Å². The normalized spacial score (nSPS) is 13.6. The van der Waals surface area contributed by atoms with E-state index < -0.39 is 11.7 Å². The summed E-state index contributed by atoms with van der Waals surface area (Å²) in [6.45, 7) is 0.582. The van der Waals surface area contributed by atoms with Crippen molar-refractivity contribution < 1.29 is 22.7 Å². The number of rotatable bonds is 3. The van der Waals surface area contributed by atoms with Crippen LogP contribution in [0.2, 0.25) is 0 Å². The van der Waals surface area contributed by atoms with Gasteiger partial charge in [0.1, 0.15) is 11.4 Å². The summed E-state index contributed by atoms with van der Waals surface area (Å²) in [5.41, 5.74) is 0.808. The van der Waals surface area contributed by atoms with E-state index in [4.69, 9.17) is 4.74 Å². The van der Waals surface area contributed by atoms with Crippen LogP contribution in [0.25, 0.3) is 10.9 Å². The first-order valence-electron chi connectivity index (χ1n) is 10.2. The number of halogens is 3. The number of hydrogen-bond donors (Lipinski definition) is 1. The van der Waals surface area contributed by atoms with Gasteiger partial charge in [-0.25, -0.2) is 15.0 Å². The number of pyridine rings is 2. The molecule has 34 heavy (non-hydrogen) atoms. The topological polar surface area (TPSA) is 101 Å². The predicted molar refractivity (Wildman–Crippen MR) is 114 cm³/mol.